The van der Waals surface area contributed by atoms with Gasteiger partial charge >= 0.3 is 6.03 Å². The summed E-state index contributed by atoms with van der Waals surface area (Å²) in [7, 11) is 4.71. The van der Waals surface area contributed by atoms with E-state index in [4.69, 9.17) is 33.2 Å². The van der Waals surface area contributed by atoms with Crippen LogP contribution in [0.1, 0.15) is 41.5 Å². The highest BCUT2D eigenvalue weighted by Gasteiger charge is 2.41. The molecule has 1 aromatic heterocycles. The quantitative estimate of drug-likeness (QED) is 0.0361. The molecule has 0 saturated carbocycles. The molecule has 0 bridgehead atoms. The van der Waals surface area contributed by atoms with Crippen LogP contribution in [0.4, 0.5) is 22.0 Å². The smallest absolute Gasteiger partial charge is 0.320 e. The van der Waals surface area contributed by atoms with E-state index in [1.807, 2.05) is 30.3 Å². The van der Waals surface area contributed by atoms with Crippen LogP contribution in [0, 0.1) is 5.41 Å². The summed E-state index contributed by atoms with van der Waals surface area (Å²) in [6.07, 6.45) is -0.0760. The number of anilines is 3. The number of urea groups is 1. The highest BCUT2D eigenvalue weighted by molar-refractivity contribution is 6.04. The lowest BCUT2D eigenvalue weighted by Gasteiger charge is -2.48. The van der Waals surface area contributed by atoms with E-state index in [1.54, 1.807) is 87.1 Å². The van der Waals surface area contributed by atoms with Crippen molar-refractivity contribution in [1.82, 2.24) is 25.8 Å². The number of carbonyl (C=O) groups is 3. The Morgan fingerprint density at radius 3 is 2.27 bits per heavy atom. The molecule has 66 heavy (non-hydrogen) atoms. The molecule has 0 radical (unpaired) electrons. The summed E-state index contributed by atoms with van der Waals surface area (Å²) < 4.78 is 39.7. The Morgan fingerprint density at radius 2 is 1.53 bits per heavy atom. The summed E-state index contributed by atoms with van der Waals surface area (Å²) in [4.78, 5) is 47.2. The predicted molar refractivity (Wildman–Crippen MR) is 252 cm³/mol. The van der Waals surface area contributed by atoms with Gasteiger partial charge in [0, 0.05) is 79.3 Å². The fourth-order valence-corrected chi connectivity index (χ4v) is 7.43. The molecule has 4 aromatic carbocycles. The van der Waals surface area contributed by atoms with Gasteiger partial charge in [0.2, 0.25) is 0 Å². The molecule has 1 aliphatic heterocycles. The Kier molecular flexibility index (Phi) is 18.0. The molecular weight excluding hydrogens is 847 g/mol. The summed E-state index contributed by atoms with van der Waals surface area (Å²) in [5.41, 5.74) is 1.73. The summed E-state index contributed by atoms with van der Waals surface area (Å²) in [6, 6.07) is 27.9. The molecule has 4 amide bonds. The second-order valence-electron chi connectivity index (χ2n) is 16.4. The molecule has 17 nitrogen and oxygen atoms in total. The third-order valence-electron chi connectivity index (χ3n) is 10.7. The first kappa shape index (κ1) is 49.1. The Morgan fingerprint density at radius 1 is 0.788 bits per heavy atom. The van der Waals surface area contributed by atoms with Crippen molar-refractivity contribution in [3.05, 3.63) is 114 Å². The predicted octanol–water partition coefficient (Wildman–Crippen LogP) is 6.79. The van der Waals surface area contributed by atoms with E-state index >= 15 is 0 Å². The van der Waals surface area contributed by atoms with Gasteiger partial charge in [-0.15, -0.1) is 0 Å². The van der Waals surface area contributed by atoms with Gasteiger partial charge in [-0.3, -0.25) is 14.5 Å². The maximum atomic E-state index is 14.0. The van der Waals surface area contributed by atoms with Crippen molar-refractivity contribution in [3.63, 3.8) is 0 Å². The van der Waals surface area contributed by atoms with Crippen molar-refractivity contribution in [3.8, 4) is 17.2 Å². The average Bonchev–Trinajstić information content (AvgIpc) is 3.32. The molecule has 3 unspecified atom stereocenters. The Bertz CT molecular complexity index is 2360. The minimum Gasteiger partial charge on any atom is -0.497 e. The summed E-state index contributed by atoms with van der Waals surface area (Å²) in [5, 5.41) is 16.6. The van der Waals surface area contributed by atoms with Gasteiger partial charge < -0.3 is 59.7 Å². The van der Waals surface area contributed by atoms with Crippen molar-refractivity contribution in [1.29, 1.82) is 0 Å². The lowest BCUT2D eigenvalue weighted by Crippen LogP contribution is -2.66. The lowest BCUT2D eigenvalue weighted by atomic mass is 9.85. The SMILES string of the molecule is COCCOCCOCCNC(=O)c1cc(Nc2cc(Oc3ccc(NC(=O)NC(NC(=O)c4ccccc4)C(OC)N4CCOCC4C(C)(C)C)c4ccccc34)ccn2)cc(OC)c1. The van der Waals surface area contributed by atoms with Crippen molar-refractivity contribution in [2.45, 2.75) is 39.2 Å². The molecule has 6 rings (SSSR count). The summed E-state index contributed by atoms with van der Waals surface area (Å²) in [5.74, 6) is 1.30. The molecule has 17 heteroatoms. The number of amides is 4. The lowest BCUT2D eigenvalue weighted by molar-refractivity contribution is -0.147. The van der Waals surface area contributed by atoms with Crippen LogP contribution in [0.2, 0.25) is 0 Å². The van der Waals surface area contributed by atoms with Gasteiger partial charge in [0.15, 0.2) is 0 Å². The van der Waals surface area contributed by atoms with Crippen LogP contribution < -0.4 is 36.1 Å². The van der Waals surface area contributed by atoms with E-state index in [0.717, 1.165) is 5.39 Å². The Labute approximate surface area is 385 Å². The van der Waals surface area contributed by atoms with Crippen LogP contribution in [0.3, 0.4) is 0 Å². The van der Waals surface area contributed by atoms with Crippen molar-refractivity contribution in [2.24, 2.45) is 5.41 Å². The number of carbonyl (C=O) groups excluding carboxylic acids is 3. The number of nitrogens with zero attached hydrogens (tertiary/aromatic N) is 2. The second-order valence-corrected chi connectivity index (χ2v) is 16.4. The molecule has 5 N–H and O–H groups in total. The second kappa shape index (κ2) is 24.3. The topological polar surface area (TPSA) is 192 Å². The first-order valence-corrected chi connectivity index (χ1v) is 21.8. The summed E-state index contributed by atoms with van der Waals surface area (Å²) >= 11 is 0. The summed E-state index contributed by atoms with van der Waals surface area (Å²) in [6.45, 7) is 10.4. The van der Waals surface area contributed by atoms with E-state index < -0.39 is 18.4 Å². The number of aromatic nitrogens is 1. The molecule has 1 saturated heterocycles. The van der Waals surface area contributed by atoms with Crippen LogP contribution in [0.5, 0.6) is 17.2 Å². The van der Waals surface area contributed by atoms with Gasteiger partial charge in [-0.05, 0) is 47.9 Å². The first-order chi connectivity index (χ1) is 32.0. The number of ether oxygens (including phenoxy) is 7. The standard InChI is InChI=1S/C49H61N7O10/c1-49(2,3)42-32-65-23-21-56(42)47(62-6)44(54-46(58)33-12-8-7-9-13-33)55-48(59)53-40-16-17-41(39-15-11-10-14-38(39)40)66-36-18-19-50-43(31-36)52-35-28-34(29-37(30-35)61-5)45(57)51-20-22-63-26-27-64-25-24-60-4/h7-19,28-31,42,44,47H,20-27,32H2,1-6H3,(H,50,52)(H,51,57)(H,54,58)(H2,53,55,59). The van der Waals surface area contributed by atoms with E-state index in [1.165, 1.54) is 7.11 Å². The Balaban J connectivity index is 1.14. The molecule has 5 aromatic rings. The minimum atomic E-state index is -0.956. The molecule has 1 fully saturated rings. The molecule has 3 atom stereocenters. The van der Waals surface area contributed by atoms with Crippen LogP contribution in [0.25, 0.3) is 10.8 Å². The van der Waals surface area contributed by atoms with Crippen molar-refractivity contribution < 1.29 is 47.5 Å². The van der Waals surface area contributed by atoms with E-state index in [0.29, 0.717) is 110 Å². The number of hydrogen-bond acceptors (Lipinski definition) is 13. The van der Waals surface area contributed by atoms with E-state index in [9.17, 15) is 14.4 Å². The number of fused-ring (bicyclic) bond motifs is 1. The van der Waals surface area contributed by atoms with Crippen molar-refractivity contribution in [2.75, 3.05) is 91.3 Å². The highest BCUT2D eigenvalue weighted by atomic mass is 16.5. The van der Waals surface area contributed by atoms with Gasteiger partial charge in [-0.2, -0.15) is 0 Å². The van der Waals surface area contributed by atoms with Gasteiger partial charge in [0.25, 0.3) is 11.8 Å². The fraction of sp³-hybridized carbons (Fsp3) is 0.388. The van der Waals surface area contributed by atoms with Crippen LogP contribution in [-0.4, -0.2) is 127 Å². The largest absolute Gasteiger partial charge is 0.497 e. The normalized spacial score (nSPS) is 15.0. The molecule has 2 heterocycles. The highest BCUT2D eigenvalue weighted by Crippen LogP contribution is 2.36. The number of hydrogen-bond donors (Lipinski definition) is 5. The number of benzene rings is 4. The third-order valence-corrected chi connectivity index (χ3v) is 10.7. The van der Waals surface area contributed by atoms with E-state index in [-0.39, 0.29) is 23.3 Å². The van der Waals surface area contributed by atoms with Crippen LogP contribution in [-0.2, 0) is 23.7 Å². The average molecular weight is 908 g/mol. The monoisotopic (exact) mass is 907 g/mol. The maximum absolute atomic E-state index is 14.0. The zero-order valence-electron chi connectivity index (χ0n) is 38.4. The number of morpholine rings is 1. The molecule has 352 valence electrons. The van der Waals surface area contributed by atoms with Crippen LogP contribution >= 0.6 is 0 Å². The third kappa shape index (κ3) is 13.8. The molecule has 0 aliphatic carbocycles. The fourth-order valence-electron chi connectivity index (χ4n) is 7.43. The maximum Gasteiger partial charge on any atom is 0.320 e. The minimum absolute atomic E-state index is 0.0613. The number of pyridine rings is 1. The van der Waals surface area contributed by atoms with Crippen molar-refractivity contribution >= 4 is 45.8 Å². The number of nitrogens with one attached hydrogen (secondary N) is 5. The van der Waals surface area contributed by atoms with Gasteiger partial charge in [-0.1, -0.05) is 63.2 Å². The van der Waals surface area contributed by atoms with E-state index in [2.05, 4.69) is 57.2 Å². The van der Waals surface area contributed by atoms with Gasteiger partial charge in [-0.25, -0.2) is 9.78 Å². The Hall–Kier alpha value is -6.34. The zero-order valence-corrected chi connectivity index (χ0v) is 38.4. The van der Waals surface area contributed by atoms with Gasteiger partial charge in [0.1, 0.15) is 35.5 Å². The van der Waals surface area contributed by atoms with Crippen LogP contribution in [0.15, 0.2) is 103 Å². The number of rotatable bonds is 22. The number of methoxy groups -OCH3 is 3. The van der Waals surface area contributed by atoms with Gasteiger partial charge in [0.05, 0.1) is 59.0 Å². The zero-order chi connectivity index (χ0) is 46.9. The first-order valence-electron chi connectivity index (χ1n) is 21.8. The molecule has 1 aliphatic rings. The molecule has 0 spiro atoms. The molecular formula is C49H61N7O10.